The summed E-state index contributed by atoms with van der Waals surface area (Å²) in [4.78, 5) is 21.2. The molecular weight excluding hydrogens is 340 g/mol. The molecule has 0 fully saturated rings. The molecule has 0 aliphatic rings. The van der Waals surface area contributed by atoms with Crippen molar-refractivity contribution in [1.29, 1.82) is 0 Å². The zero-order valence-electron chi connectivity index (χ0n) is 16.1. The second-order valence-electron chi connectivity index (χ2n) is 7.51. The molecule has 0 saturated carbocycles. The van der Waals surface area contributed by atoms with Gasteiger partial charge in [0.1, 0.15) is 0 Å². The Bertz CT molecular complexity index is 692. The molecule has 2 rings (SSSR count). The first-order valence-corrected chi connectivity index (χ1v) is 9.41. The monoisotopic (exact) mass is 368 g/mol. The smallest absolute Gasteiger partial charge is 0.303 e. The zero-order chi connectivity index (χ0) is 19.9. The van der Waals surface area contributed by atoms with Crippen molar-refractivity contribution in [2.75, 3.05) is 0 Å². The lowest BCUT2D eigenvalue weighted by molar-refractivity contribution is -0.138. The molecule has 0 saturated heterocycles. The highest BCUT2D eigenvalue weighted by atomic mass is 16.4. The molecule has 0 unspecified atom stereocenters. The fourth-order valence-corrected chi connectivity index (χ4v) is 3.23. The summed E-state index contributed by atoms with van der Waals surface area (Å²) in [6, 6.07) is 16.8. The van der Waals surface area contributed by atoms with Gasteiger partial charge in [-0.2, -0.15) is 0 Å². The lowest BCUT2D eigenvalue weighted by Crippen LogP contribution is -2.18. The van der Waals surface area contributed by atoms with Crippen LogP contribution in [0, 0.1) is 0 Å². The van der Waals surface area contributed by atoms with Crippen molar-refractivity contribution in [2.45, 2.75) is 57.8 Å². The molecule has 0 radical (unpaired) electrons. The Morgan fingerprint density at radius 1 is 0.704 bits per heavy atom. The molecule has 0 heterocycles. The highest BCUT2D eigenvalue weighted by Crippen LogP contribution is 2.32. The number of aryl methyl sites for hydroxylation is 2. The van der Waals surface area contributed by atoms with Gasteiger partial charge in [-0.1, -0.05) is 62.4 Å². The highest BCUT2D eigenvalue weighted by Gasteiger charge is 2.22. The predicted molar refractivity (Wildman–Crippen MR) is 106 cm³/mol. The fraction of sp³-hybridized carbons (Fsp3) is 0.391. The number of rotatable bonds is 10. The molecule has 2 aromatic carbocycles. The minimum Gasteiger partial charge on any atom is -0.481 e. The molecule has 4 heteroatoms. The number of benzene rings is 2. The first kappa shape index (κ1) is 20.7. The van der Waals surface area contributed by atoms with Gasteiger partial charge in [-0.25, -0.2) is 0 Å². The molecular formula is C23H28O4. The number of carboxylic acids is 2. The molecule has 2 N–H and O–H groups in total. The van der Waals surface area contributed by atoms with Crippen molar-refractivity contribution in [3.05, 3.63) is 70.8 Å². The minimum absolute atomic E-state index is 0.140. The van der Waals surface area contributed by atoms with Crippen molar-refractivity contribution in [3.63, 3.8) is 0 Å². The van der Waals surface area contributed by atoms with Crippen molar-refractivity contribution >= 4 is 11.9 Å². The maximum absolute atomic E-state index is 10.6. The molecule has 0 aromatic heterocycles. The molecule has 0 aliphatic heterocycles. The van der Waals surface area contributed by atoms with Gasteiger partial charge in [0.25, 0.3) is 0 Å². The van der Waals surface area contributed by atoms with E-state index in [0.29, 0.717) is 12.8 Å². The topological polar surface area (TPSA) is 74.6 Å². The number of hydrogen-bond acceptors (Lipinski definition) is 2. The summed E-state index contributed by atoms with van der Waals surface area (Å²) in [5.74, 6) is -1.50. The highest BCUT2D eigenvalue weighted by molar-refractivity contribution is 5.66. The molecule has 0 amide bonds. The van der Waals surface area contributed by atoms with Gasteiger partial charge in [0.05, 0.1) is 0 Å². The molecule has 4 nitrogen and oxygen atoms in total. The van der Waals surface area contributed by atoms with Gasteiger partial charge in [0.2, 0.25) is 0 Å². The first-order chi connectivity index (χ1) is 12.8. The number of carbonyl (C=O) groups is 2. The van der Waals surface area contributed by atoms with Gasteiger partial charge >= 0.3 is 11.9 Å². The van der Waals surface area contributed by atoms with E-state index in [4.69, 9.17) is 10.2 Å². The Morgan fingerprint density at radius 3 is 1.33 bits per heavy atom. The predicted octanol–water partition coefficient (Wildman–Crippen LogP) is 4.83. The van der Waals surface area contributed by atoms with Crippen LogP contribution in [-0.2, 0) is 27.8 Å². The van der Waals surface area contributed by atoms with Gasteiger partial charge in [0, 0.05) is 18.3 Å². The largest absolute Gasteiger partial charge is 0.481 e. The van der Waals surface area contributed by atoms with E-state index in [2.05, 4.69) is 62.4 Å². The summed E-state index contributed by atoms with van der Waals surface area (Å²) < 4.78 is 0. The summed E-state index contributed by atoms with van der Waals surface area (Å²) in [5, 5.41) is 17.5. The van der Waals surface area contributed by atoms with Crippen LogP contribution in [0.1, 0.15) is 61.8 Å². The van der Waals surface area contributed by atoms with Crippen LogP contribution in [0.5, 0.6) is 0 Å². The summed E-state index contributed by atoms with van der Waals surface area (Å²) >= 11 is 0. The van der Waals surface area contributed by atoms with Gasteiger partial charge in [-0.3, -0.25) is 9.59 Å². The van der Waals surface area contributed by atoms with Gasteiger partial charge in [0.15, 0.2) is 0 Å². The second-order valence-corrected chi connectivity index (χ2v) is 7.51. The standard InChI is InChI=1S/C23H28O4/c1-23(2,19-13-9-17(10-14-19)5-3-7-21(24)25)20-15-11-18(12-16-20)6-4-8-22(26)27/h9-16H,3-8H2,1-2H3,(H,24,25)(H,26,27). The normalized spacial score (nSPS) is 11.3. The molecule has 0 spiro atoms. The quantitative estimate of drug-likeness (QED) is 0.630. The summed E-state index contributed by atoms with van der Waals surface area (Å²) in [6.07, 6.45) is 3.26. The molecule has 0 atom stereocenters. The van der Waals surface area contributed by atoms with Crippen LogP contribution in [-0.4, -0.2) is 22.2 Å². The summed E-state index contributed by atoms with van der Waals surface area (Å²) in [7, 11) is 0. The Hall–Kier alpha value is -2.62. The Morgan fingerprint density at radius 2 is 1.04 bits per heavy atom. The third-order valence-electron chi connectivity index (χ3n) is 5.06. The van der Waals surface area contributed by atoms with E-state index < -0.39 is 11.9 Å². The Kier molecular flexibility index (Phi) is 7.17. The van der Waals surface area contributed by atoms with E-state index >= 15 is 0 Å². The van der Waals surface area contributed by atoms with Gasteiger partial charge < -0.3 is 10.2 Å². The lowest BCUT2D eigenvalue weighted by atomic mass is 9.77. The number of carboxylic acid groups (broad SMARTS) is 2. The SMILES string of the molecule is CC(C)(c1ccc(CCCC(=O)O)cc1)c1ccc(CCCC(=O)O)cc1. The van der Waals surface area contributed by atoms with Crippen LogP contribution in [0.4, 0.5) is 0 Å². The lowest BCUT2D eigenvalue weighted by Gasteiger charge is -2.26. The van der Waals surface area contributed by atoms with Crippen LogP contribution in [0.25, 0.3) is 0 Å². The third-order valence-corrected chi connectivity index (χ3v) is 5.06. The van der Waals surface area contributed by atoms with Crippen molar-refractivity contribution in [2.24, 2.45) is 0 Å². The van der Waals surface area contributed by atoms with Crippen molar-refractivity contribution < 1.29 is 19.8 Å². The van der Waals surface area contributed by atoms with E-state index in [1.54, 1.807) is 0 Å². The van der Waals surface area contributed by atoms with Crippen LogP contribution in [0.2, 0.25) is 0 Å². The zero-order valence-corrected chi connectivity index (χ0v) is 16.1. The molecule has 144 valence electrons. The van der Waals surface area contributed by atoms with E-state index in [9.17, 15) is 9.59 Å². The second kappa shape index (κ2) is 9.36. The van der Waals surface area contributed by atoms with Crippen LogP contribution in [0.3, 0.4) is 0 Å². The molecule has 27 heavy (non-hydrogen) atoms. The van der Waals surface area contributed by atoms with Gasteiger partial charge in [-0.15, -0.1) is 0 Å². The van der Waals surface area contributed by atoms with Crippen LogP contribution < -0.4 is 0 Å². The minimum atomic E-state index is -0.751. The van der Waals surface area contributed by atoms with Crippen LogP contribution >= 0.6 is 0 Å². The van der Waals surface area contributed by atoms with E-state index in [-0.39, 0.29) is 18.3 Å². The average Bonchev–Trinajstić information content (AvgIpc) is 2.62. The molecule has 2 aromatic rings. The Balaban J connectivity index is 2.01. The summed E-state index contributed by atoms with van der Waals surface area (Å²) in [5.41, 5.74) is 4.60. The summed E-state index contributed by atoms with van der Waals surface area (Å²) in [6.45, 7) is 4.37. The maximum Gasteiger partial charge on any atom is 0.303 e. The van der Waals surface area contributed by atoms with E-state index in [1.165, 1.54) is 11.1 Å². The van der Waals surface area contributed by atoms with Crippen molar-refractivity contribution in [3.8, 4) is 0 Å². The van der Waals surface area contributed by atoms with E-state index in [1.807, 2.05) is 0 Å². The Labute approximate surface area is 160 Å². The van der Waals surface area contributed by atoms with Crippen molar-refractivity contribution in [1.82, 2.24) is 0 Å². The van der Waals surface area contributed by atoms with Crippen LogP contribution in [0.15, 0.2) is 48.5 Å². The molecule has 0 bridgehead atoms. The first-order valence-electron chi connectivity index (χ1n) is 9.41. The van der Waals surface area contributed by atoms with E-state index in [0.717, 1.165) is 24.0 Å². The third kappa shape index (κ3) is 6.24. The average molecular weight is 368 g/mol. The molecule has 0 aliphatic carbocycles. The fourth-order valence-electron chi connectivity index (χ4n) is 3.23. The maximum atomic E-state index is 10.6. The number of hydrogen-bond donors (Lipinski definition) is 2. The number of aliphatic carboxylic acids is 2. The van der Waals surface area contributed by atoms with Gasteiger partial charge in [-0.05, 0) is 47.9 Å².